The van der Waals surface area contributed by atoms with E-state index in [2.05, 4.69) is 15.2 Å². The first kappa shape index (κ1) is 17.7. The fraction of sp³-hybridized carbons (Fsp3) is 0.600. The van der Waals surface area contributed by atoms with Crippen LogP contribution in [0.15, 0.2) is 18.2 Å². The van der Waals surface area contributed by atoms with Crippen molar-refractivity contribution in [1.29, 1.82) is 0 Å². The number of carbonyl (C=O) groups excluding carboxylic acids is 1. The summed E-state index contributed by atoms with van der Waals surface area (Å²) in [5.74, 6) is -0.574. The third kappa shape index (κ3) is 5.18. The molecule has 0 bridgehead atoms. The zero-order chi connectivity index (χ0) is 16.9. The molecule has 1 aliphatic rings. The van der Waals surface area contributed by atoms with Crippen molar-refractivity contribution in [3.63, 3.8) is 0 Å². The Bertz CT molecular complexity index is 537. The molecule has 0 spiro atoms. The van der Waals surface area contributed by atoms with Crippen LogP contribution >= 0.6 is 0 Å². The summed E-state index contributed by atoms with van der Waals surface area (Å²) in [6.45, 7) is 2.96. The number of pyridine rings is 1. The molecule has 1 aromatic heterocycles. The van der Waals surface area contributed by atoms with Crippen molar-refractivity contribution in [3.05, 3.63) is 29.6 Å². The lowest BCUT2D eigenvalue weighted by atomic mass is 10.1. The van der Waals surface area contributed by atoms with Gasteiger partial charge in [0.25, 0.3) is 5.91 Å². The molecular formula is C15H20F3N3O2. The maximum atomic E-state index is 12.6. The Hall–Kier alpha value is -1.67. The molecule has 8 heteroatoms. The number of alkyl halides is 3. The average Bonchev–Trinajstić information content (AvgIpc) is 2.52. The van der Waals surface area contributed by atoms with Gasteiger partial charge in [-0.2, -0.15) is 13.2 Å². The molecule has 1 unspecified atom stereocenters. The highest BCUT2D eigenvalue weighted by atomic mass is 19.4. The van der Waals surface area contributed by atoms with Crippen LogP contribution in [0.2, 0.25) is 0 Å². The van der Waals surface area contributed by atoms with Gasteiger partial charge in [0.15, 0.2) is 0 Å². The van der Waals surface area contributed by atoms with Crippen LogP contribution in [0.1, 0.15) is 29.0 Å². The van der Waals surface area contributed by atoms with E-state index in [1.54, 1.807) is 7.11 Å². The van der Waals surface area contributed by atoms with E-state index in [1.165, 1.54) is 12.1 Å². The lowest BCUT2D eigenvalue weighted by Gasteiger charge is -2.32. The number of amides is 1. The number of hydrogen-bond acceptors (Lipinski definition) is 4. The SMILES string of the molecule is COCCN1CCCC(NC(=O)c2cccc(C(F)(F)F)n2)C1. The summed E-state index contributed by atoms with van der Waals surface area (Å²) in [5, 5.41) is 2.77. The molecule has 23 heavy (non-hydrogen) atoms. The molecule has 0 aromatic carbocycles. The molecule has 5 nitrogen and oxygen atoms in total. The number of piperidine rings is 1. The molecule has 1 aliphatic heterocycles. The molecule has 2 heterocycles. The Balaban J connectivity index is 1.96. The number of nitrogens with zero attached hydrogens (tertiary/aromatic N) is 2. The first-order valence-electron chi connectivity index (χ1n) is 7.46. The van der Waals surface area contributed by atoms with Gasteiger partial charge in [-0.3, -0.25) is 9.69 Å². The summed E-state index contributed by atoms with van der Waals surface area (Å²) in [6.07, 6.45) is -2.84. The van der Waals surface area contributed by atoms with Crippen molar-refractivity contribution in [2.75, 3.05) is 33.4 Å². The molecule has 1 aromatic rings. The van der Waals surface area contributed by atoms with E-state index in [9.17, 15) is 18.0 Å². The third-order valence-corrected chi connectivity index (χ3v) is 3.72. The van der Waals surface area contributed by atoms with E-state index in [4.69, 9.17) is 4.74 Å². The predicted octanol–water partition coefficient (Wildman–Crippen LogP) is 1.94. The Morgan fingerprint density at radius 1 is 1.48 bits per heavy atom. The fourth-order valence-corrected chi connectivity index (χ4v) is 2.58. The van der Waals surface area contributed by atoms with Crippen LogP contribution in [0.5, 0.6) is 0 Å². The van der Waals surface area contributed by atoms with Crippen LogP contribution < -0.4 is 5.32 Å². The Labute approximate surface area is 132 Å². The number of likely N-dealkylation sites (tertiary alicyclic amines) is 1. The minimum atomic E-state index is -4.56. The van der Waals surface area contributed by atoms with Crippen LogP contribution in [-0.4, -0.2) is 55.2 Å². The quantitative estimate of drug-likeness (QED) is 0.896. The van der Waals surface area contributed by atoms with Crippen LogP contribution in [-0.2, 0) is 10.9 Å². The number of hydrogen-bond donors (Lipinski definition) is 1. The third-order valence-electron chi connectivity index (χ3n) is 3.72. The molecule has 128 valence electrons. The second kappa shape index (κ2) is 7.74. The highest BCUT2D eigenvalue weighted by Gasteiger charge is 2.33. The standard InChI is InChI=1S/C15H20F3N3O2/c1-23-9-8-21-7-3-4-11(10-21)19-14(22)12-5-2-6-13(20-12)15(16,17)18/h2,5-6,11H,3-4,7-10H2,1H3,(H,19,22). The molecule has 1 saturated heterocycles. The normalized spacial score (nSPS) is 19.6. The second-order valence-electron chi connectivity index (χ2n) is 5.51. The first-order chi connectivity index (χ1) is 10.9. The monoisotopic (exact) mass is 331 g/mol. The van der Waals surface area contributed by atoms with Crippen LogP contribution in [0.25, 0.3) is 0 Å². The maximum absolute atomic E-state index is 12.6. The van der Waals surface area contributed by atoms with Crippen molar-refractivity contribution >= 4 is 5.91 Å². The number of methoxy groups -OCH3 is 1. The van der Waals surface area contributed by atoms with Crippen molar-refractivity contribution in [1.82, 2.24) is 15.2 Å². The first-order valence-corrected chi connectivity index (χ1v) is 7.46. The minimum absolute atomic E-state index is 0.0931. The van der Waals surface area contributed by atoms with E-state index < -0.39 is 17.8 Å². The lowest BCUT2D eigenvalue weighted by Crippen LogP contribution is -2.48. The summed E-state index contributed by atoms with van der Waals surface area (Å²) in [7, 11) is 1.63. The van der Waals surface area contributed by atoms with Gasteiger partial charge in [-0.1, -0.05) is 6.07 Å². The summed E-state index contributed by atoms with van der Waals surface area (Å²) in [5.41, 5.74) is -1.27. The van der Waals surface area contributed by atoms with Gasteiger partial charge in [0.1, 0.15) is 11.4 Å². The summed E-state index contributed by atoms with van der Waals surface area (Å²) >= 11 is 0. The van der Waals surface area contributed by atoms with Gasteiger partial charge < -0.3 is 10.1 Å². The van der Waals surface area contributed by atoms with Crippen LogP contribution in [0, 0.1) is 0 Å². The number of halogens is 3. The van der Waals surface area contributed by atoms with E-state index in [-0.39, 0.29) is 11.7 Å². The summed E-state index contributed by atoms with van der Waals surface area (Å²) in [6, 6.07) is 3.24. The van der Waals surface area contributed by atoms with Gasteiger partial charge >= 0.3 is 6.18 Å². The van der Waals surface area contributed by atoms with Crippen LogP contribution in [0.3, 0.4) is 0 Å². The number of ether oxygens (including phenoxy) is 1. The number of carbonyl (C=O) groups is 1. The second-order valence-corrected chi connectivity index (χ2v) is 5.51. The zero-order valence-electron chi connectivity index (χ0n) is 12.9. The topological polar surface area (TPSA) is 54.5 Å². The van der Waals surface area contributed by atoms with Gasteiger partial charge in [-0.05, 0) is 31.5 Å². The largest absolute Gasteiger partial charge is 0.433 e. The molecule has 1 atom stereocenters. The molecule has 1 amide bonds. The van der Waals surface area contributed by atoms with E-state index in [0.29, 0.717) is 13.2 Å². The Kier molecular flexibility index (Phi) is 5.95. The van der Waals surface area contributed by atoms with Gasteiger partial charge in [-0.25, -0.2) is 4.98 Å². The van der Waals surface area contributed by atoms with Crippen molar-refractivity contribution in [2.45, 2.75) is 25.1 Å². The van der Waals surface area contributed by atoms with Gasteiger partial charge in [0.2, 0.25) is 0 Å². The molecular weight excluding hydrogens is 311 g/mol. The smallest absolute Gasteiger partial charge is 0.383 e. The molecule has 0 radical (unpaired) electrons. The van der Waals surface area contributed by atoms with Crippen LogP contribution in [0.4, 0.5) is 13.2 Å². The maximum Gasteiger partial charge on any atom is 0.433 e. The van der Waals surface area contributed by atoms with Crippen molar-refractivity contribution in [2.24, 2.45) is 0 Å². The molecule has 1 fully saturated rings. The molecule has 2 rings (SSSR count). The van der Waals surface area contributed by atoms with E-state index in [1.807, 2.05) is 0 Å². The van der Waals surface area contributed by atoms with Crippen molar-refractivity contribution < 1.29 is 22.7 Å². The van der Waals surface area contributed by atoms with E-state index >= 15 is 0 Å². The summed E-state index contributed by atoms with van der Waals surface area (Å²) < 4.78 is 43.0. The Morgan fingerprint density at radius 3 is 2.96 bits per heavy atom. The lowest BCUT2D eigenvalue weighted by molar-refractivity contribution is -0.141. The number of nitrogens with one attached hydrogen (secondary N) is 1. The van der Waals surface area contributed by atoms with Gasteiger partial charge in [0.05, 0.1) is 6.61 Å². The molecule has 0 saturated carbocycles. The fourth-order valence-electron chi connectivity index (χ4n) is 2.58. The van der Waals surface area contributed by atoms with E-state index in [0.717, 1.165) is 32.0 Å². The minimum Gasteiger partial charge on any atom is -0.383 e. The Morgan fingerprint density at radius 2 is 2.26 bits per heavy atom. The summed E-state index contributed by atoms with van der Waals surface area (Å²) in [4.78, 5) is 17.7. The van der Waals surface area contributed by atoms with Crippen molar-refractivity contribution in [3.8, 4) is 0 Å². The highest BCUT2D eigenvalue weighted by Crippen LogP contribution is 2.27. The average molecular weight is 331 g/mol. The van der Waals surface area contributed by atoms with Gasteiger partial charge in [0, 0.05) is 26.2 Å². The highest BCUT2D eigenvalue weighted by molar-refractivity contribution is 5.92. The van der Waals surface area contributed by atoms with Gasteiger partial charge in [-0.15, -0.1) is 0 Å². The number of rotatable bonds is 5. The molecule has 0 aliphatic carbocycles. The molecule has 1 N–H and O–H groups in total. The number of aromatic nitrogens is 1. The zero-order valence-corrected chi connectivity index (χ0v) is 12.9. The predicted molar refractivity (Wildman–Crippen MR) is 78.0 cm³/mol.